The highest BCUT2D eigenvalue weighted by molar-refractivity contribution is 5.80. The molecule has 5 N–H and O–H groups in total. The summed E-state index contributed by atoms with van der Waals surface area (Å²) < 4.78 is 0. The van der Waals surface area contributed by atoms with Gasteiger partial charge in [0.1, 0.15) is 6.04 Å². The van der Waals surface area contributed by atoms with Crippen molar-refractivity contribution in [3.63, 3.8) is 0 Å². The van der Waals surface area contributed by atoms with Gasteiger partial charge >= 0.3 is 11.9 Å². The second kappa shape index (κ2) is 6.33. The molecule has 0 rings (SSSR count). The van der Waals surface area contributed by atoms with E-state index < -0.39 is 30.6 Å². The van der Waals surface area contributed by atoms with Gasteiger partial charge in [-0.2, -0.15) is 0 Å². The van der Waals surface area contributed by atoms with Gasteiger partial charge in [-0.3, -0.25) is 14.5 Å². The quantitative estimate of drug-likeness (QED) is 0.385. The summed E-state index contributed by atoms with van der Waals surface area (Å²) in [6.45, 7) is 1.29. The summed E-state index contributed by atoms with van der Waals surface area (Å²) in [5.41, 5.74) is 5.50. The fraction of sp³-hybridized carbons (Fsp3) is 0.750. The van der Waals surface area contributed by atoms with Crippen LogP contribution in [0.4, 0.5) is 0 Å². The van der Waals surface area contributed by atoms with E-state index in [0.29, 0.717) is 0 Å². The Morgan fingerprint density at radius 2 is 1.93 bits per heavy atom. The molecule has 0 fully saturated rings. The molecule has 0 aromatic rings. The Kier molecular flexibility index (Phi) is 5.83. The molecule has 0 aromatic carbocycles. The monoisotopic (exact) mass is 220 g/mol. The topological polar surface area (TPSA) is 124 Å². The lowest BCUT2D eigenvalue weighted by atomic mass is 10.1. The zero-order valence-corrected chi connectivity index (χ0v) is 8.46. The Balaban J connectivity index is 4.66. The van der Waals surface area contributed by atoms with E-state index in [-0.39, 0.29) is 13.2 Å². The van der Waals surface area contributed by atoms with Crippen molar-refractivity contribution < 1.29 is 24.9 Å². The largest absolute Gasteiger partial charge is 0.481 e. The molecule has 0 saturated carbocycles. The summed E-state index contributed by atoms with van der Waals surface area (Å²) in [5, 5.41) is 26.1. The summed E-state index contributed by atoms with van der Waals surface area (Å²) in [6.07, 6.45) is -1.17. The van der Waals surface area contributed by atoms with E-state index >= 15 is 0 Å². The third-order valence-corrected chi connectivity index (χ3v) is 1.93. The van der Waals surface area contributed by atoms with Crippen LogP contribution in [0.5, 0.6) is 0 Å². The number of carboxylic acid groups (broad SMARTS) is 2. The maximum absolute atomic E-state index is 10.8. The van der Waals surface area contributed by atoms with Crippen molar-refractivity contribution in [3.05, 3.63) is 0 Å². The van der Waals surface area contributed by atoms with Gasteiger partial charge in [0.2, 0.25) is 0 Å². The lowest BCUT2D eigenvalue weighted by Crippen LogP contribution is -2.51. The molecule has 0 bridgehead atoms. The van der Waals surface area contributed by atoms with Crippen molar-refractivity contribution in [2.24, 2.45) is 5.73 Å². The van der Waals surface area contributed by atoms with Gasteiger partial charge in [-0.15, -0.1) is 0 Å². The molecule has 0 spiro atoms. The summed E-state index contributed by atoms with van der Waals surface area (Å²) in [7, 11) is 0. The highest BCUT2D eigenvalue weighted by Gasteiger charge is 2.29. The summed E-state index contributed by atoms with van der Waals surface area (Å²) in [4.78, 5) is 22.5. The van der Waals surface area contributed by atoms with Crippen LogP contribution in [0.1, 0.15) is 13.3 Å². The van der Waals surface area contributed by atoms with E-state index in [2.05, 4.69) is 0 Å². The molecule has 0 amide bonds. The number of aliphatic hydroxyl groups excluding tert-OH is 1. The first kappa shape index (κ1) is 13.8. The number of carbonyl (C=O) groups is 2. The van der Waals surface area contributed by atoms with Crippen molar-refractivity contribution in [2.45, 2.75) is 25.6 Å². The number of aliphatic carboxylic acids is 2. The van der Waals surface area contributed by atoms with Crippen LogP contribution in [-0.4, -0.2) is 57.5 Å². The number of nitrogens with zero attached hydrogens (tertiary/aromatic N) is 1. The highest BCUT2D eigenvalue weighted by atomic mass is 16.4. The molecule has 88 valence electrons. The smallest absolute Gasteiger partial charge is 0.321 e. The van der Waals surface area contributed by atoms with Gasteiger partial charge in [-0.1, -0.05) is 0 Å². The standard InChI is InChI=1S/C8H16N2O5/c1-5(9)10(2-3-11)6(8(14)15)4-7(12)13/h5-6,11H,2-4,9H2,1H3,(H,12,13)(H,14,15). The van der Waals surface area contributed by atoms with Crippen LogP contribution in [0.15, 0.2) is 0 Å². The van der Waals surface area contributed by atoms with Gasteiger partial charge < -0.3 is 21.1 Å². The molecule has 7 nitrogen and oxygen atoms in total. The van der Waals surface area contributed by atoms with Crippen LogP contribution in [0.25, 0.3) is 0 Å². The molecular weight excluding hydrogens is 204 g/mol. The molecule has 0 saturated heterocycles. The predicted octanol–water partition coefficient (Wildman–Crippen LogP) is -1.49. The van der Waals surface area contributed by atoms with Crippen molar-refractivity contribution in [1.82, 2.24) is 4.90 Å². The van der Waals surface area contributed by atoms with Gasteiger partial charge in [-0.05, 0) is 6.92 Å². The van der Waals surface area contributed by atoms with Crippen molar-refractivity contribution in [1.29, 1.82) is 0 Å². The van der Waals surface area contributed by atoms with Gasteiger partial charge in [-0.25, -0.2) is 0 Å². The van der Waals surface area contributed by atoms with Crippen LogP contribution in [0.3, 0.4) is 0 Å². The highest BCUT2D eigenvalue weighted by Crippen LogP contribution is 2.07. The molecule has 2 unspecified atom stereocenters. The number of rotatable bonds is 7. The Hall–Kier alpha value is -1.18. The fourth-order valence-electron chi connectivity index (χ4n) is 1.27. The second-order valence-electron chi connectivity index (χ2n) is 3.15. The van der Waals surface area contributed by atoms with Crippen LogP contribution in [-0.2, 0) is 9.59 Å². The Morgan fingerprint density at radius 3 is 2.20 bits per heavy atom. The number of hydrogen-bond acceptors (Lipinski definition) is 5. The van der Waals surface area contributed by atoms with Crippen LogP contribution in [0, 0.1) is 0 Å². The fourth-order valence-corrected chi connectivity index (χ4v) is 1.27. The van der Waals surface area contributed by atoms with Gasteiger partial charge in [0.25, 0.3) is 0 Å². The van der Waals surface area contributed by atoms with E-state index in [1.165, 1.54) is 11.8 Å². The van der Waals surface area contributed by atoms with Gasteiger partial charge in [0.05, 0.1) is 19.2 Å². The minimum absolute atomic E-state index is 0.0297. The van der Waals surface area contributed by atoms with Crippen molar-refractivity contribution >= 4 is 11.9 Å². The first-order valence-electron chi connectivity index (χ1n) is 4.47. The summed E-state index contributed by atoms with van der Waals surface area (Å²) in [5.74, 6) is -2.48. The molecule has 15 heavy (non-hydrogen) atoms. The number of carboxylic acids is 2. The van der Waals surface area contributed by atoms with Gasteiger partial charge in [0.15, 0.2) is 0 Å². The third-order valence-electron chi connectivity index (χ3n) is 1.93. The average molecular weight is 220 g/mol. The Bertz CT molecular complexity index is 231. The molecule has 0 aliphatic heterocycles. The lowest BCUT2D eigenvalue weighted by Gasteiger charge is -2.30. The molecular formula is C8H16N2O5. The normalized spacial score (nSPS) is 14.9. The van der Waals surface area contributed by atoms with E-state index in [0.717, 1.165) is 0 Å². The van der Waals surface area contributed by atoms with E-state index in [9.17, 15) is 9.59 Å². The Labute approximate surface area is 87.1 Å². The van der Waals surface area contributed by atoms with E-state index in [4.69, 9.17) is 21.1 Å². The molecule has 0 radical (unpaired) electrons. The van der Waals surface area contributed by atoms with Crippen molar-refractivity contribution in [2.75, 3.05) is 13.2 Å². The number of aliphatic hydroxyl groups is 1. The summed E-state index contributed by atoms with van der Waals surface area (Å²) >= 11 is 0. The second-order valence-corrected chi connectivity index (χ2v) is 3.15. The first-order valence-corrected chi connectivity index (χ1v) is 4.47. The third kappa shape index (κ3) is 4.73. The van der Waals surface area contributed by atoms with Gasteiger partial charge in [0, 0.05) is 6.54 Å². The van der Waals surface area contributed by atoms with Crippen molar-refractivity contribution in [3.8, 4) is 0 Å². The average Bonchev–Trinajstić information content (AvgIpc) is 2.09. The lowest BCUT2D eigenvalue weighted by molar-refractivity contribution is -0.150. The molecule has 0 aromatic heterocycles. The molecule has 2 atom stereocenters. The minimum atomic E-state index is -1.26. The maximum Gasteiger partial charge on any atom is 0.321 e. The number of nitrogens with two attached hydrogens (primary N) is 1. The Morgan fingerprint density at radius 1 is 1.40 bits per heavy atom. The summed E-state index contributed by atoms with van der Waals surface area (Å²) in [6, 6.07) is -1.21. The van der Waals surface area contributed by atoms with E-state index in [1.54, 1.807) is 0 Å². The maximum atomic E-state index is 10.8. The molecule has 0 aliphatic rings. The SMILES string of the molecule is CC(N)N(CCO)C(CC(=O)O)C(=O)O. The van der Waals surface area contributed by atoms with E-state index in [1.807, 2.05) is 0 Å². The van der Waals surface area contributed by atoms with Crippen LogP contribution < -0.4 is 5.73 Å². The zero-order chi connectivity index (χ0) is 12.0. The predicted molar refractivity (Wildman–Crippen MR) is 51.1 cm³/mol. The van der Waals surface area contributed by atoms with Crippen LogP contribution in [0.2, 0.25) is 0 Å². The zero-order valence-electron chi connectivity index (χ0n) is 8.46. The molecule has 0 aliphatic carbocycles. The minimum Gasteiger partial charge on any atom is -0.481 e. The van der Waals surface area contributed by atoms with Crippen LogP contribution >= 0.6 is 0 Å². The first-order chi connectivity index (χ1) is 6.90. The molecule has 7 heteroatoms. The molecule has 0 heterocycles. The number of hydrogen-bond donors (Lipinski definition) is 4.